The van der Waals surface area contributed by atoms with Crippen LogP contribution >= 0.6 is 22.7 Å². The molecule has 0 aliphatic carbocycles. The molecule has 38 heavy (non-hydrogen) atoms. The highest BCUT2D eigenvalue weighted by Gasteiger charge is 2.42. The Hall–Kier alpha value is -2.91. The Kier molecular flexibility index (Phi) is 7.26. The fourth-order valence-corrected chi connectivity index (χ4v) is 8.75. The monoisotopic (exact) mass is 576 g/mol. The number of carbonyl (C=O) groups excluding carboxylic acids is 2. The SMILES string of the molecule is CCOC(=O)C1CN(S(=O)(=O)c2cc3cc(C(=N)N)ccc3s2)CCN1C(=O)c1nc2c(s1)CN(C)CC2. The highest BCUT2D eigenvalue weighted by atomic mass is 32.2. The predicted octanol–water partition coefficient (Wildman–Crippen LogP) is 1.71. The molecule has 1 aromatic carbocycles. The summed E-state index contributed by atoms with van der Waals surface area (Å²) in [6.45, 7) is 3.20. The zero-order valence-corrected chi connectivity index (χ0v) is 23.4. The van der Waals surface area contributed by atoms with Crippen molar-refractivity contribution in [2.24, 2.45) is 5.73 Å². The molecule has 14 heteroatoms. The lowest BCUT2D eigenvalue weighted by Gasteiger charge is -2.38. The number of likely N-dealkylation sites (N-methyl/N-ethyl adjacent to an activating group) is 1. The van der Waals surface area contributed by atoms with Crippen LogP contribution in [0.15, 0.2) is 28.5 Å². The first-order chi connectivity index (χ1) is 18.1. The maximum absolute atomic E-state index is 13.6. The van der Waals surface area contributed by atoms with E-state index in [1.165, 1.54) is 20.5 Å². The van der Waals surface area contributed by atoms with Crippen molar-refractivity contribution >= 4 is 60.5 Å². The van der Waals surface area contributed by atoms with E-state index in [1.54, 1.807) is 31.2 Å². The lowest BCUT2D eigenvalue weighted by molar-refractivity contribution is -0.149. The van der Waals surface area contributed by atoms with Crippen LogP contribution in [-0.2, 0) is 32.5 Å². The van der Waals surface area contributed by atoms with Gasteiger partial charge in [0.05, 0.1) is 12.3 Å². The van der Waals surface area contributed by atoms with E-state index >= 15 is 0 Å². The van der Waals surface area contributed by atoms with Gasteiger partial charge in [-0.2, -0.15) is 4.31 Å². The Morgan fingerprint density at radius 2 is 2.00 bits per heavy atom. The zero-order chi connectivity index (χ0) is 27.2. The Bertz CT molecular complexity index is 1530. The van der Waals surface area contributed by atoms with Crippen LogP contribution in [0.4, 0.5) is 0 Å². The van der Waals surface area contributed by atoms with E-state index in [0.717, 1.165) is 46.1 Å². The van der Waals surface area contributed by atoms with Gasteiger partial charge in [-0.3, -0.25) is 10.2 Å². The molecule has 2 aliphatic rings. The number of amidine groups is 1. The Balaban J connectivity index is 1.41. The fourth-order valence-electron chi connectivity index (χ4n) is 4.64. The number of thiazole rings is 1. The summed E-state index contributed by atoms with van der Waals surface area (Å²) in [5.41, 5.74) is 6.98. The van der Waals surface area contributed by atoms with E-state index in [-0.39, 0.29) is 42.2 Å². The van der Waals surface area contributed by atoms with Crippen LogP contribution in [0, 0.1) is 5.41 Å². The average Bonchev–Trinajstić information content (AvgIpc) is 3.52. The van der Waals surface area contributed by atoms with Crippen molar-refractivity contribution in [3.8, 4) is 0 Å². The molecule has 5 rings (SSSR count). The number of aromatic nitrogens is 1. The van der Waals surface area contributed by atoms with Gasteiger partial charge >= 0.3 is 5.97 Å². The van der Waals surface area contributed by atoms with Crippen LogP contribution in [0.1, 0.15) is 32.9 Å². The quantitative estimate of drug-likeness (QED) is 0.256. The van der Waals surface area contributed by atoms with Gasteiger partial charge in [0.15, 0.2) is 5.01 Å². The standard InChI is InChI=1S/C24H28N6O5S3/c1-3-35-24(32)17-12-29(38(33,34)20-11-15-10-14(21(25)26)4-5-18(15)36-20)8-9-30(17)23(31)22-27-16-6-7-28(2)13-19(16)37-22/h4-5,10-11,17H,3,6-9,12-13H2,1-2H3,(H3,25,26). The van der Waals surface area contributed by atoms with Crippen molar-refractivity contribution in [2.75, 3.05) is 39.8 Å². The van der Waals surface area contributed by atoms with Crippen LogP contribution in [0.3, 0.4) is 0 Å². The summed E-state index contributed by atoms with van der Waals surface area (Å²) < 4.78 is 34.5. The van der Waals surface area contributed by atoms with Gasteiger partial charge in [-0.05, 0) is 43.6 Å². The number of rotatable bonds is 6. The molecule has 1 unspecified atom stereocenters. The third-order valence-corrected chi connectivity index (χ3v) is 11.2. The van der Waals surface area contributed by atoms with E-state index in [9.17, 15) is 18.0 Å². The number of ether oxygens (including phenoxy) is 1. The number of thiophene rings is 1. The molecule has 1 fully saturated rings. The molecule has 3 aromatic rings. The predicted molar refractivity (Wildman–Crippen MR) is 145 cm³/mol. The molecule has 1 amide bonds. The van der Waals surface area contributed by atoms with Gasteiger partial charge in [0, 0.05) is 54.3 Å². The van der Waals surface area contributed by atoms with E-state index in [2.05, 4.69) is 9.88 Å². The number of nitrogen functional groups attached to an aromatic ring is 1. The van der Waals surface area contributed by atoms with Crippen LogP contribution in [0.25, 0.3) is 10.1 Å². The van der Waals surface area contributed by atoms with Gasteiger partial charge in [0.2, 0.25) is 0 Å². The molecule has 4 heterocycles. The molecule has 0 saturated carbocycles. The maximum Gasteiger partial charge on any atom is 0.330 e. The number of benzene rings is 1. The molecule has 2 aromatic heterocycles. The third-order valence-electron chi connectivity index (χ3n) is 6.67. The molecule has 2 aliphatic heterocycles. The number of amides is 1. The Morgan fingerprint density at radius 3 is 2.74 bits per heavy atom. The lowest BCUT2D eigenvalue weighted by Crippen LogP contribution is -2.59. The normalized spacial score (nSPS) is 18.9. The molecule has 1 atom stereocenters. The summed E-state index contributed by atoms with van der Waals surface area (Å²) >= 11 is 2.43. The second kappa shape index (κ2) is 10.3. The van der Waals surface area contributed by atoms with E-state index in [4.69, 9.17) is 15.9 Å². The first-order valence-electron chi connectivity index (χ1n) is 12.1. The second-order valence-corrected chi connectivity index (χ2v) is 13.6. The summed E-state index contributed by atoms with van der Waals surface area (Å²) in [5.74, 6) is -1.14. The lowest BCUT2D eigenvalue weighted by atomic mass is 10.1. The number of hydrogen-bond acceptors (Lipinski definition) is 10. The number of nitrogens with zero attached hydrogens (tertiary/aromatic N) is 4. The van der Waals surface area contributed by atoms with Crippen molar-refractivity contribution < 1.29 is 22.7 Å². The number of carbonyl (C=O) groups is 2. The number of piperazine rings is 1. The van der Waals surface area contributed by atoms with Crippen molar-refractivity contribution in [1.29, 1.82) is 5.41 Å². The maximum atomic E-state index is 13.6. The van der Waals surface area contributed by atoms with Gasteiger partial charge in [-0.15, -0.1) is 22.7 Å². The topological polar surface area (TPSA) is 150 Å². The molecular formula is C24H28N6O5S3. The van der Waals surface area contributed by atoms with Crippen LogP contribution in [0.5, 0.6) is 0 Å². The zero-order valence-electron chi connectivity index (χ0n) is 21.0. The molecule has 202 valence electrons. The van der Waals surface area contributed by atoms with Gasteiger partial charge < -0.3 is 20.3 Å². The molecule has 0 bridgehead atoms. The molecule has 1 saturated heterocycles. The van der Waals surface area contributed by atoms with Gasteiger partial charge in [0.1, 0.15) is 16.1 Å². The number of nitrogens with one attached hydrogen (secondary N) is 1. The minimum Gasteiger partial charge on any atom is -0.464 e. The van der Waals surface area contributed by atoms with Crippen LogP contribution < -0.4 is 5.73 Å². The van der Waals surface area contributed by atoms with Crippen molar-refractivity contribution in [3.63, 3.8) is 0 Å². The summed E-state index contributed by atoms with van der Waals surface area (Å²) in [6.07, 6.45) is 0.756. The highest BCUT2D eigenvalue weighted by molar-refractivity contribution is 7.91. The molecule has 0 spiro atoms. The van der Waals surface area contributed by atoms with E-state index < -0.39 is 22.0 Å². The minimum atomic E-state index is -3.96. The first-order valence-corrected chi connectivity index (χ1v) is 15.2. The first kappa shape index (κ1) is 26.7. The van der Waals surface area contributed by atoms with Gasteiger partial charge in [-0.1, -0.05) is 0 Å². The fraction of sp³-hybridized carbons (Fsp3) is 0.417. The number of hydrogen-bond donors (Lipinski definition) is 2. The average molecular weight is 577 g/mol. The number of nitrogens with two attached hydrogens (primary N) is 1. The van der Waals surface area contributed by atoms with Crippen LogP contribution in [0.2, 0.25) is 0 Å². The molecule has 11 nitrogen and oxygen atoms in total. The summed E-state index contributed by atoms with van der Waals surface area (Å²) in [7, 11) is -1.94. The van der Waals surface area contributed by atoms with Crippen molar-refractivity contribution in [1.82, 2.24) is 19.1 Å². The second-order valence-electron chi connectivity index (χ2n) is 9.24. The van der Waals surface area contributed by atoms with Crippen molar-refractivity contribution in [3.05, 3.63) is 45.4 Å². The minimum absolute atomic E-state index is 0.0325. The van der Waals surface area contributed by atoms with E-state index in [1.807, 2.05) is 7.05 Å². The number of esters is 1. The van der Waals surface area contributed by atoms with Gasteiger partial charge in [0.25, 0.3) is 15.9 Å². The number of sulfonamides is 1. The van der Waals surface area contributed by atoms with E-state index in [0.29, 0.717) is 16.0 Å². The van der Waals surface area contributed by atoms with Crippen molar-refractivity contribution in [2.45, 2.75) is 30.1 Å². The van der Waals surface area contributed by atoms with Crippen LogP contribution in [-0.4, -0.2) is 91.1 Å². The highest BCUT2D eigenvalue weighted by Crippen LogP contribution is 2.33. The Morgan fingerprint density at radius 1 is 1.21 bits per heavy atom. The third kappa shape index (κ3) is 4.94. The molecular weight excluding hydrogens is 549 g/mol. The molecule has 3 N–H and O–H groups in total. The summed E-state index contributed by atoms with van der Waals surface area (Å²) in [4.78, 5) is 35.6. The summed E-state index contributed by atoms with van der Waals surface area (Å²) in [5, 5.41) is 8.60. The number of fused-ring (bicyclic) bond motifs is 2. The molecule has 0 radical (unpaired) electrons. The largest absolute Gasteiger partial charge is 0.464 e. The Labute approximate surface area is 228 Å². The smallest absolute Gasteiger partial charge is 0.330 e. The van der Waals surface area contributed by atoms with Gasteiger partial charge in [-0.25, -0.2) is 18.2 Å². The summed E-state index contributed by atoms with van der Waals surface area (Å²) in [6, 6.07) is 5.55.